The number of Topliss-reactive ketones (excluding diaryl/α,β-unsaturated/α-hetero) is 1. The molecule has 5 aliphatic carbocycles. The third-order valence-corrected chi connectivity index (χ3v) is 9.36. The third-order valence-electron chi connectivity index (χ3n) is 9.36. The molecule has 2 nitrogen and oxygen atoms in total. The number of carbonyl (C=O) groups is 1. The van der Waals surface area contributed by atoms with E-state index in [-0.39, 0.29) is 11.5 Å². The molecule has 5 aliphatic rings. The van der Waals surface area contributed by atoms with E-state index >= 15 is 0 Å². The van der Waals surface area contributed by atoms with Crippen molar-refractivity contribution in [3.63, 3.8) is 0 Å². The number of aliphatic hydroxyl groups excluding tert-OH is 1. The first-order valence-electron chi connectivity index (χ1n) is 9.67. The number of fused-ring (bicyclic) bond motifs is 7. The highest BCUT2D eigenvalue weighted by molar-refractivity contribution is 5.85. The first-order valence-corrected chi connectivity index (χ1v) is 9.67. The molecule has 0 aliphatic heterocycles. The van der Waals surface area contributed by atoms with Gasteiger partial charge in [0.05, 0.1) is 6.10 Å². The van der Waals surface area contributed by atoms with Crippen LogP contribution in [0, 0.1) is 46.3 Å². The Kier molecular flexibility index (Phi) is 2.66. The van der Waals surface area contributed by atoms with Crippen molar-refractivity contribution < 1.29 is 9.90 Å². The lowest BCUT2D eigenvalue weighted by Crippen LogP contribution is -2.55. The van der Waals surface area contributed by atoms with Gasteiger partial charge >= 0.3 is 0 Å². The van der Waals surface area contributed by atoms with Crippen LogP contribution in [0.3, 0.4) is 0 Å². The fourth-order valence-electron chi connectivity index (χ4n) is 7.97. The fourth-order valence-corrected chi connectivity index (χ4v) is 7.97. The standard InChI is InChI=1S/C20H30O2/c1-19-8-7-15-12(14(19)5-6-18(19)22)4-3-11-9-17(21)13-10-16(13)20(11,15)2/h11-16,18,22H,3-10H2,1-2H3/t11-,12-,13+,14-,15-,16-,18?,19-,20-/m0/s1. The largest absolute Gasteiger partial charge is 0.393 e. The van der Waals surface area contributed by atoms with Gasteiger partial charge in [0.15, 0.2) is 0 Å². The van der Waals surface area contributed by atoms with E-state index in [4.69, 9.17) is 0 Å². The molecule has 0 aromatic heterocycles. The maximum Gasteiger partial charge on any atom is 0.136 e. The van der Waals surface area contributed by atoms with Gasteiger partial charge in [-0.2, -0.15) is 0 Å². The lowest BCUT2D eigenvalue weighted by atomic mass is 9.45. The van der Waals surface area contributed by atoms with Crippen LogP contribution in [-0.2, 0) is 4.79 Å². The summed E-state index contributed by atoms with van der Waals surface area (Å²) in [6.07, 6.45) is 9.39. The fraction of sp³-hybridized carbons (Fsp3) is 0.950. The van der Waals surface area contributed by atoms with Gasteiger partial charge in [-0.05, 0) is 85.4 Å². The molecule has 2 heteroatoms. The number of aliphatic hydroxyl groups is 1. The third kappa shape index (κ3) is 1.49. The molecule has 0 aromatic rings. The zero-order valence-electron chi connectivity index (χ0n) is 14.1. The Morgan fingerprint density at radius 1 is 1.00 bits per heavy atom. The van der Waals surface area contributed by atoms with Gasteiger partial charge in [0.1, 0.15) is 5.78 Å². The number of hydrogen-bond donors (Lipinski definition) is 1. The number of carbonyl (C=O) groups excluding carboxylic acids is 1. The Hall–Kier alpha value is -0.370. The molecule has 1 N–H and O–H groups in total. The predicted octanol–water partition coefficient (Wildman–Crippen LogP) is 3.82. The van der Waals surface area contributed by atoms with Crippen LogP contribution in [0.1, 0.15) is 65.2 Å². The minimum absolute atomic E-state index is 0.0643. The second kappa shape index (κ2) is 4.18. The van der Waals surface area contributed by atoms with E-state index in [0.29, 0.717) is 29.0 Å². The van der Waals surface area contributed by atoms with Gasteiger partial charge in [0.25, 0.3) is 0 Å². The van der Waals surface area contributed by atoms with Crippen LogP contribution < -0.4 is 0 Å². The van der Waals surface area contributed by atoms with E-state index in [0.717, 1.165) is 30.6 Å². The van der Waals surface area contributed by atoms with Gasteiger partial charge in [0, 0.05) is 12.3 Å². The summed E-state index contributed by atoms with van der Waals surface area (Å²) in [5.41, 5.74) is 0.633. The summed E-state index contributed by atoms with van der Waals surface area (Å²) in [5.74, 6) is 4.80. The van der Waals surface area contributed by atoms with Crippen LogP contribution >= 0.6 is 0 Å². The number of ketones is 1. The summed E-state index contributed by atoms with van der Waals surface area (Å²) in [4.78, 5) is 12.2. The molecule has 0 amide bonds. The summed E-state index contributed by atoms with van der Waals surface area (Å²) in [6.45, 7) is 4.92. The van der Waals surface area contributed by atoms with Crippen molar-refractivity contribution in [2.45, 2.75) is 71.3 Å². The zero-order chi connectivity index (χ0) is 15.3. The average molecular weight is 302 g/mol. The summed E-state index contributed by atoms with van der Waals surface area (Å²) in [6, 6.07) is 0. The molecule has 5 rings (SSSR count). The van der Waals surface area contributed by atoms with Crippen molar-refractivity contribution in [2.24, 2.45) is 46.3 Å². The van der Waals surface area contributed by atoms with E-state index in [1.807, 2.05) is 0 Å². The van der Waals surface area contributed by atoms with Crippen molar-refractivity contribution in [1.82, 2.24) is 0 Å². The highest BCUT2D eigenvalue weighted by Crippen LogP contribution is 2.72. The van der Waals surface area contributed by atoms with Crippen LogP contribution in [0.2, 0.25) is 0 Å². The lowest BCUT2D eigenvalue weighted by Gasteiger charge is -2.60. The van der Waals surface area contributed by atoms with Crippen molar-refractivity contribution >= 4 is 5.78 Å². The Balaban J connectivity index is 1.50. The molecule has 0 saturated heterocycles. The predicted molar refractivity (Wildman–Crippen MR) is 85.1 cm³/mol. The second-order valence-corrected chi connectivity index (χ2v) is 9.77. The molecule has 122 valence electrons. The zero-order valence-corrected chi connectivity index (χ0v) is 14.1. The first-order chi connectivity index (χ1) is 10.5. The maximum atomic E-state index is 12.2. The first kappa shape index (κ1) is 14.0. The SMILES string of the molecule is C[C@]12[C@@H](CC[C@@H]3[C@@H]1CC[C@]1(C)C(O)CC[C@@H]31)CC(=O)[C@@H]1C[C@@H]12. The van der Waals surface area contributed by atoms with Crippen LogP contribution in [0.25, 0.3) is 0 Å². The van der Waals surface area contributed by atoms with Crippen molar-refractivity contribution in [3.8, 4) is 0 Å². The summed E-state index contributed by atoms with van der Waals surface area (Å²) >= 11 is 0. The number of rotatable bonds is 0. The van der Waals surface area contributed by atoms with Crippen LogP contribution in [0.5, 0.6) is 0 Å². The van der Waals surface area contributed by atoms with Gasteiger partial charge in [0.2, 0.25) is 0 Å². The molecule has 0 bridgehead atoms. The van der Waals surface area contributed by atoms with E-state index in [9.17, 15) is 9.90 Å². The Morgan fingerprint density at radius 2 is 1.82 bits per heavy atom. The molecule has 0 radical (unpaired) electrons. The van der Waals surface area contributed by atoms with E-state index < -0.39 is 0 Å². The van der Waals surface area contributed by atoms with Crippen LogP contribution in [0.15, 0.2) is 0 Å². The Labute approximate surface area is 134 Å². The van der Waals surface area contributed by atoms with Gasteiger partial charge < -0.3 is 5.11 Å². The van der Waals surface area contributed by atoms with Gasteiger partial charge in [-0.25, -0.2) is 0 Å². The molecule has 0 heterocycles. The highest BCUT2D eigenvalue weighted by Gasteiger charge is 2.67. The molecular weight excluding hydrogens is 272 g/mol. The van der Waals surface area contributed by atoms with Gasteiger partial charge in [-0.15, -0.1) is 0 Å². The normalized spacial score (nSPS) is 62.7. The molecule has 9 atom stereocenters. The van der Waals surface area contributed by atoms with Crippen molar-refractivity contribution in [1.29, 1.82) is 0 Å². The van der Waals surface area contributed by atoms with Crippen LogP contribution in [0.4, 0.5) is 0 Å². The lowest BCUT2D eigenvalue weighted by molar-refractivity contribution is -0.144. The second-order valence-electron chi connectivity index (χ2n) is 9.77. The topological polar surface area (TPSA) is 37.3 Å². The molecule has 5 saturated carbocycles. The molecule has 1 unspecified atom stereocenters. The minimum Gasteiger partial charge on any atom is -0.393 e. The quantitative estimate of drug-likeness (QED) is 0.738. The number of hydrogen-bond acceptors (Lipinski definition) is 2. The molecule has 0 spiro atoms. The smallest absolute Gasteiger partial charge is 0.136 e. The van der Waals surface area contributed by atoms with Gasteiger partial charge in [-0.1, -0.05) is 13.8 Å². The minimum atomic E-state index is -0.0643. The van der Waals surface area contributed by atoms with E-state index in [1.54, 1.807) is 0 Å². The monoisotopic (exact) mass is 302 g/mol. The highest BCUT2D eigenvalue weighted by atomic mass is 16.3. The summed E-state index contributed by atoms with van der Waals surface area (Å²) < 4.78 is 0. The molecular formula is C20H30O2. The van der Waals surface area contributed by atoms with Gasteiger partial charge in [-0.3, -0.25) is 4.79 Å². The Morgan fingerprint density at radius 3 is 2.64 bits per heavy atom. The van der Waals surface area contributed by atoms with Crippen molar-refractivity contribution in [2.75, 3.05) is 0 Å². The van der Waals surface area contributed by atoms with E-state index in [1.165, 1.54) is 38.5 Å². The molecule has 5 fully saturated rings. The summed E-state index contributed by atoms with van der Waals surface area (Å²) in [5, 5.41) is 10.5. The van der Waals surface area contributed by atoms with Crippen molar-refractivity contribution in [3.05, 3.63) is 0 Å². The van der Waals surface area contributed by atoms with Crippen LogP contribution in [-0.4, -0.2) is 17.0 Å². The molecule has 22 heavy (non-hydrogen) atoms. The summed E-state index contributed by atoms with van der Waals surface area (Å²) in [7, 11) is 0. The maximum absolute atomic E-state index is 12.2. The molecule has 0 aromatic carbocycles. The Bertz CT molecular complexity index is 528. The van der Waals surface area contributed by atoms with E-state index in [2.05, 4.69) is 13.8 Å². The average Bonchev–Trinajstić information content (AvgIpc) is 3.24.